The average molecular weight is 257 g/mol. The largest absolute Gasteiger partial charge is 0.352 e. The molecule has 0 spiro atoms. The average Bonchev–Trinajstić information content (AvgIpc) is 2.80. The van der Waals surface area contributed by atoms with Gasteiger partial charge in [0.15, 0.2) is 0 Å². The van der Waals surface area contributed by atoms with Crippen molar-refractivity contribution >= 4 is 16.9 Å². The van der Waals surface area contributed by atoms with Crippen LogP contribution in [0.4, 0.5) is 0 Å². The highest BCUT2D eigenvalue weighted by molar-refractivity contribution is 5.92. The standard InChI is InChI=1S/C15H19N3O/c1-11(2)15(19)16-10-6-5-9-14-17-12-7-3-4-8-13(12)18-14/h3-4,7-8H,1,5-6,9-10H2,2H3,(H,16,19)(H,17,18). The van der Waals surface area contributed by atoms with E-state index in [0.29, 0.717) is 12.1 Å². The molecule has 0 aliphatic carbocycles. The van der Waals surface area contributed by atoms with Gasteiger partial charge in [-0.15, -0.1) is 0 Å². The van der Waals surface area contributed by atoms with E-state index in [9.17, 15) is 4.79 Å². The molecule has 0 saturated heterocycles. The number of amides is 1. The van der Waals surface area contributed by atoms with Gasteiger partial charge in [-0.05, 0) is 31.9 Å². The number of nitrogens with zero attached hydrogens (tertiary/aromatic N) is 1. The Hall–Kier alpha value is -2.10. The lowest BCUT2D eigenvalue weighted by Gasteiger charge is -2.03. The maximum Gasteiger partial charge on any atom is 0.246 e. The first-order chi connectivity index (χ1) is 9.16. The third-order valence-corrected chi connectivity index (χ3v) is 2.95. The first-order valence-corrected chi connectivity index (χ1v) is 6.54. The number of fused-ring (bicyclic) bond motifs is 1. The maximum atomic E-state index is 11.3. The van der Waals surface area contributed by atoms with Gasteiger partial charge in [-0.1, -0.05) is 18.7 Å². The summed E-state index contributed by atoms with van der Waals surface area (Å²) in [6.45, 7) is 6.00. The predicted octanol–water partition coefficient (Wildman–Crippen LogP) is 2.58. The summed E-state index contributed by atoms with van der Waals surface area (Å²) < 4.78 is 0. The highest BCUT2D eigenvalue weighted by Gasteiger charge is 2.02. The van der Waals surface area contributed by atoms with E-state index in [-0.39, 0.29) is 5.91 Å². The normalized spacial score (nSPS) is 10.6. The highest BCUT2D eigenvalue weighted by atomic mass is 16.1. The van der Waals surface area contributed by atoms with Gasteiger partial charge in [-0.3, -0.25) is 4.79 Å². The zero-order chi connectivity index (χ0) is 13.7. The second-order valence-corrected chi connectivity index (χ2v) is 4.69. The number of unbranched alkanes of at least 4 members (excludes halogenated alkanes) is 1. The Morgan fingerprint density at radius 2 is 2.16 bits per heavy atom. The molecule has 1 heterocycles. The van der Waals surface area contributed by atoms with E-state index in [1.54, 1.807) is 6.92 Å². The fourth-order valence-corrected chi connectivity index (χ4v) is 1.89. The maximum absolute atomic E-state index is 11.3. The smallest absolute Gasteiger partial charge is 0.246 e. The molecule has 0 aliphatic rings. The van der Waals surface area contributed by atoms with Crippen LogP contribution in [-0.2, 0) is 11.2 Å². The minimum Gasteiger partial charge on any atom is -0.352 e. The zero-order valence-electron chi connectivity index (χ0n) is 11.2. The zero-order valence-corrected chi connectivity index (χ0v) is 11.2. The summed E-state index contributed by atoms with van der Waals surface area (Å²) >= 11 is 0. The SMILES string of the molecule is C=C(C)C(=O)NCCCCc1nc2ccccc2[nH]1. The van der Waals surface area contributed by atoms with Crippen LogP contribution in [0.3, 0.4) is 0 Å². The fraction of sp³-hybridized carbons (Fsp3) is 0.333. The number of benzene rings is 1. The van der Waals surface area contributed by atoms with E-state index < -0.39 is 0 Å². The lowest BCUT2D eigenvalue weighted by atomic mass is 10.2. The minimum atomic E-state index is -0.0660. The second-order valence-electron chi connectivity index (χ2n) is 4.69. The van der Waals surface area contributed by atoms with E-state index in [2.05, 4.69) is 21.9 Å². The number of imidazole rings is 1. The molecule has 4 nitrogen and oxygen atoms in total. The molecule has 1 aromatic carbocycles. The summed E-state index contributed by atoms with van der Waals surface area (Å²) in [7, 11) is 0. The van der Waals surface area contributed by atoms with Crippen molar-refractivity contribution in [1.82, 2.24) is 15.3 Å². The van der Waals surface area contributed by atoms with Crippen LogP contribution in [0, 0.1) is 0 Å². The molecule has 4 heteroatoms. The van der Waals surface area contributed by atoms with E-state index in [4.69, 9.17) is 0 Å². The van der Waals surface area contributed by atoms with Gasteiger partial charge < -0.3 is 10.3 Å². The van der Waals surface area contributed by atoms with Crippen molar-refractivity contribution in [3.05, 3.63) is 42.2 Å². The quantitative estimate of drug-likeness (QED) is 0.617. The number of nitrogens with one attached hydrogen (secondary N) is 2. The molecule has 0 bridgehead atoms. The van der Waals surface area contributed by atoms with Crippen molar-refractivity contribution in [2.24, 2.45) is 0 Å². The lowest BCUT2D eigenvalue weighted by molar-refractivity contribution is -0.117. The number of aromatic nitrogens is 2. The van der Waals surface area contributed by atoms with Gasteiger partial charge >= 0.3 is 0 Å². The molecule has 2 rings (SSSR count). The predicted molar refractivity (Wildman–Crippen MR) is 76.9 cm³/mol. The minimum absolute atomic E-state index is 0.0660. The molecular weight excluding hydrogens is 238 g/mol. The number of hydrogen-bond acceptors (Lipinski definition) is 2. The summed E-state index contributed by atoms with van der Waals surface area (Å²) in [6.07, 6.45) is 2.84. The van der Waals surface area contributed by atoms with Crippen LogP contribution in [-0.4, -0.2) is 22.4 Å². The molecule has 19 heavy (non-hydrogen) atoms. The molecule has 0 fully saturated rings. The van der Waals surface area contributed by atoms with Crippen molar-refractivity contribution < 1.29 is 4.79 Å². The number of H-pyrrole nitrogens is 1. The molecule has 2 aromatic rings. The number of para-hydroxylation sites is 2. The van der Waals surface area contributed by atoms with Gasteiger partial charge in [0.05, 0.1) is 11.0 Å². The monoisotopic (exact) mass is 257 g/mol. The van der Waals surface area contributed by atoms with Crippen molar-refractivity contribution in [2.75, 3.05) is 6.54 Å². The van der Waals surface area contributed by atoms with E-state index in [1.807, 2.05) is 24.3 Å². The van der Waals surface area contributed by atoms with Gasteiger partial charge in [0.2, 0.25) is 5.91 Å². The van der Waals surface area contributed by atoms with Gasteiger partial charge in [-0.25, -0.2) is 4.98 Å². The van der Waals surface area contributed by atoms with Crippen molar-refractivity contribution in [3.8, 4) is 0 Å². The molecule has 0 atom stereocenters. The number of hydrogen-bond donors (Lipinski definition) is 2. The summed E-state index contributed by atoms with van der Waals surface area (Å²) in [5, 5.41) is 2.83. The fourth-order valence-electron chi connectivity index (χ4n) is 1.89. The summed E-state index contributed by atoms with van der Waals surface area (Å²) in [6, 6.07) is 8.01. The number of carbonyl (C=O) groups excluding carboxylic acids is 1. The van der Waals surface area contributed by atoms with Crippen LogP contribution in [0.25, 0.3) is 11.0 Å². The van der Waals surface area contributed by atoms with Gasteiger partial charge in [0, 0.05) is 18.5 Å². The Morgan fingerprint density at radius 1 is 1.37 bits per heavy atom. The summed E-state index contributed by atoms with van der Waals surface area (Å²) in [5.74, 6) is 0.941. The number of aryl methyl sites for hydroxylation is 1. The molecule has 0 unspecified atom stereocenters. The summed E-state index contributed by atoms with van der Waals surface area (Å²) in [5.41, 5.74) is 2.64. The van der Waals surface area contributed by atoms with Crippen LogP contribution in [0.15, 0.2) is 36.4 Å². The van der Waals surface area contributed by atoms with E-state index in [1.165, 1.54) is 0 Å². The number of rotatable bonds is 6. The van der Waals surface area contributed by atoms with Gasteiger partial charge in [-0.2, -0.15) is 0 Å². The molecule has 0 aliphatic heterocycles. The third-order valence-electron chi connectivity index (χ3n) is 2.95. The van der Waals surface area contributed by atoms with Crippen molar-refractivity contribution in [3.63, 3.8) is 0 Å². The van der Waals surface area contributed by atoms with Crippen LogP contribution < -0.4 is 5.32 Å². The Labute approximate surface area is 112 Å². The van der Waals surface area contributed by atoms with Gasteiger partial charge in [0.25, 0.3) is 0 Å². The Morgan fingerprint density at radius 3 is 2.89 bits per heavy atom. The number of aromatic amines is 1. The van der Waals surface area contributed by atoms with Crippen LogP contribution in [0.5, 0.6) is 0 Å². The molecule has 0 saturated carbocycles. The van der Waals surface area contributed by atoms with Crippen LogP contribution >= 0.6 is 0 Å². The molecule has 0 radical (unpaired) electrons. The van der Waals surface area contributed by atoms with Crippen molar-refractivity contribution in [1.29, 1.82) is 0 Å². The van der Waals surface area contributed by atoms with E-state index >= 15 is 0 Å². The van der Waals surface area contributed by atoms with Crippen LogP contribution in [0.1, 0.15) is 25.6 Å². The summed E-state index contributed by atoms with van der Waals surface area (Å²) in [4.78, 5) is 19.1. The highest BCUT2D eigenvalue weighted by Crippen LogP contribution is 2.11. The molecule has 1 aromatic heterocycles. The van der Waals surface area contributed by atoms with Gasteiger partial charge in [0.1, 0.15) is 5.82 Å². The van der Waals surface area contributed by atoms with Crippen LogP contribution in [0.2, 0.25) is 0 Å². The topological polar surface area (TPSA) is 57.8 Å². The Bertz CT molecular complexity index is 553. The lowest BCUT2D eigenvalue weighted by Crippen LogP contribution is -2.24. The molecule has 2 N–H and O–H groups in total. The molecular formula is C15H19N3O. The third kappa shape index (κ3) is 3.68. The van der Waals surface area contributed by atoms with Crippen molar-refractivity contribution in [2.45, 2.75) is 26.2 Å². The second kappa shape index (κ2) is 6.18. The molecule has 1 amide bonds. The number of carbonyl (C=O) groups is 1. The Kier molecular flexibility index (Phi) is 4.34. The Balaban J connectivity index is 1.74. The first-order valence-electron chi connectivity index (χ1n) is 6.54. The first kappa shape index (κ1) is 13.3. The molecule has 100 valence electrons. The van der Waals surface area contributed by atoms with E-state index in [0.717, 1.165) is 36.1 Å².